The Bertz CT molecular complexity index is 763. The minimum Gasteiger partial charge on any atom is -0.402 e. The number of carbonyl (C=O) groups is 1. The van der Waals surface area contributed by atoms with Crippen LogP contribution in [0, 0.1) is 0 Å². The number of nitrogens with one attached hydrogen (secondary N) is 1. The molecule has 1 amide bonds. The second-order valence-corrected chi connectivity index (χ2v) is 8.19. The first-order valence-electron chi connectivity index (χ1n) is 9.11. The van der Waals surface area contributed by atoms with Crippen molar-refractivity contribution in [2.24, 2.45) is 16.5 Å². The van der Waals surface area contributed by atoms with Gasteiger partial charge in [0, 0.05) is 41.9 Å². The van der Waals surface area contributed by atoms with Gasteiger partial charge >= 0.3 is 0 Å². The molecule has 0 aromatic heterocycles. The maximum atomic E-state index is 13.3. The molecule has 2 aliphatic rings. The summed E-state index contributed by atoms with van der Waals surface area (Å²) >= 11 is 5.80. The topological polar surface area (TPSA) is 96.7 Å². The normalized spacial score (nSPS) is 20.0. The molecule has 1 fully saturated rings. The lowest BCUT2D eigenvalue weighted by Gasteiger charge is -2.30. The van der Waals surface area contributed by atoms with Crippen molar-refractivity contribution in [1.29, 1.82) is 0 Å². The number of aliphatic imine (C=N–C) groups is 1. The summed E-state index contributed by atoms with van der Waals surface area (Å²) in [6.45, 7) is 12.5. The predicted octanol–water partition coefficient (Wildman–Crippen LogP) is 2.88. The molecular weight excluding hydrogens is 362 g/mol. The number of hydrogen-bond donors (Lipinski definition) is 3. The molecule has 0 radical (unpaired) electrons. The molecule has 0 aromatic carbocycles. The van der Waals surface area contributed by atoms with Gasteiger partial charge in [0.2, 0.25) is 0 Å². The Morgan fingerprint density at radius 2 is 2.00 bits per heavy atom. The van der Waals surface area contributed by atoms with Crippen LogP contribution in [0.25, 0.3) is 0 Å². The maximum Gasteiger partial charge on any atom is 0.254 e. The lowest BCUT2D eigenvalue weighted by molar-refractivity contribution is -0.126. The van der Waals surface area contributed by atoms with Gasteiger partial charge in [0.1, 0.15) is 5.82 Å². The highest BCUT2D eigenvalue weighted by Gasteiger charge is 2.38. The van der Waals surface area contributed by atoms with Crippen LogP contribution in [0.2, 0.25) is 0 Å². The molecule has 148 valence electrons. The van der Waals surface area contributed by atoms with Gasteiger partial charge in [-0.1, -0.05) is 17.2 Å². The number of halogens is 1. The molecule has 2 rings (SSSR count). The molecule has 0 aromatic rings. The van der Waals surface area contributed by atoms with E-state index in [4.69, 9.17) is 23.1 Å². The van der Waals surface area contributed by atoms with Crippen LogP contribution < -0.4 is 16.8 Å². The zero-order valence-corrected chi connectivity index (χ0v) is 17.4. The molecule has 0 spiro atoms. The number of carbonyl (C=O) groups excluding carboxylic acids is 1. The van der Waals surface area contributed by atoms with Crippen molar-refractivity contribution in [3.8, 4) is 0 Å². The monoisotopic (exact) mass is 391 g/mol. The third kappa shape index (κ3) is 5.16. The smallest absolute Gasteiger partial charge is 0.254 e. The van der Waals surface area contributed by atoms with Crippen molar-refractivity contribution in [3.63, 3.8) is 0 Å². The predicted molar refractivity (Wildman–Crippen MR) is 112 cm³/mol. The molecule has 1 aliphatic heterocycles. The van der Waals surface area contributed by atoms with Crippen molar-refractivity contribution < 1.29 is 4.79 Å². The van der Waals surface area contributed by atoms with Crippen molar-refractivity contribution in [2.75, 3.05) is 13.1 Å². The van der Waals surface area contributed by atoms with Crippen LogP contribution in [0.3, 0.4) is 0 Å². The van der Waals surface area contributed by atoms with E-state index in [1.54, 1.807) is 11.0 Å². The number of hydrogen-bond acceptors (Lipinski definition) is 5. The Hall–Kier alpha value is -2.21. The summed E-state index contributed by atoms with van der Waals surface area (Å²) < 4.78 is 0. The number of rotatable bonds is 6. The van der Waals surface area contributed by atoms with E-state index in [1.165, 1.54) is 0 Å². The molecule has 1 saturated carbocycles. The minimum absolute atomic E-state index is 0.0474. The highest BCUT2D eigenvalue weighted by Crippen LogP contribution is 2.36. The molecule has 0 saturated heterocycles. The van der Waals surface area contributed by atoms with Crippen molar-refractivity contribution >= 4 is 24.2 Å². The van der Waals surface area contributed by atoms with Gasteiger partial charge in [0.15, 0.2) is 0 Å². The Labute approximate surface area is 166 Å². The molecule has 7 heteroatoms. The fraction of sp³-hybridized carbons (Fsp3) is 0.500. The summed E-state index contributed by atoms with van der Waals surface area (Å²) in [6, 6.07) is 0. The van der Waals surface area contributed by atoms with Crippen molar-refractivity contribution in [3.05, 3.63) is 45.0 Å². The lowest BCUT2D eigenvalue weighted by atomic mass is 9.98. The quantitative estimate of drug-likeness (QED) is 0.280. The van der Waals surface area contributed by atoms with Gasteiger partial charge < -0.3 is 21.7 Å². The molecule has 0 bridgehead atoms. The highest BCUT2D eigenvalue weighted by atomic mass is 35.5. The summed E-state index contributed by atoms with van der Waals surface area (Å²) in [5.74, 6) is 0.611. The molecule has 6 nitrogen and oxygen atoms in total. The first kappa shape index (κ1) is 21.1. The van der Waals surface area contributed by atoms with E-state index in [0.29, 0.717) is 36.6 Å². The largest absolute Gasteiger partial charge is 0.402 e. The summed E-state index contributed by atoms with van der Waals surface area (Å²) in [4.78, 5) is 19.2. The first-order chi connectivity index (χ1) is 12.6. The van der Waals surface area contributed by atoms with E-state index in [1.807, 2.05) is 20.8 Å². The molecule has 27 heavy (non-hydrogen) atoms. The van der Waals surface area contributed by atoms with Crippen LogP contribution in [0.5, 0.6) is 0 Å². The molecule has 1 aliphatic carbocycles. The van der Waals surface area contributed by atoms with Gasteiger partial charge in [-0.15, -0.1) is 0 Å². The van der Waals surface area contributed by atoms with Crippen LogP contribution in [0.1, 0.15) is 47.0 Å². The van der Waals surface area contributed by atoms with E-state index in [9.17, 15) is 4.79 Å². The SMILES string of the molecule is C=N/C(NC1(C)CC1)=C(\C)C(C(=O)N1CCC(N)=C(/C=C(\N)Cl)C1)=C(C)C. The molecular formula is C20H30ClN5O. The van der Waals surface area contributed by atoms with E-state index < -0.39 is 0 Å². The summed E-state index contributed by atoms with van der Waals surface area (Å²) in [7, 11) is 0. The molecule has 0 atom stereocenters. The summed E-state index contributed by atoms with van der Waals surface area (Å²) in [5.41, 5.74) is 15.6. The van der Waals surface area contributed by atoms with E-state index in [2.05, 4.69) is 24.0 Å². The molecule has 0 unspecified atom stereocenters. The van der Waals surface area contributed by atoms with Gasteiger partial charge in [-0.3, -0.25) is 4.79 Å². The Morgan fingerprint density at radius 1 is 1.37 bits per heavy atom. The van der Waals surface area contributed by atoms with E-state index in [-0.39, 0.29) is 16.6 Å². The van der Waals surface area contributed by atoms with Crippen molar-refractivity contribution in [1.82, 2.24) is 10.2 Å². The summed E-state index contributed by atoms with van der Waals surface area (Å²) in [5, 5.41) is 3.58. The van der Waals surface area contributed by atoms with Crippen LogP contribution in [0.15, 0.2) is 50.0 Å². The number of nitrogens with zero attached hydrogens (tertiary/aromatic N) is 2. The number of allylic oxidation sites excluding steroid dienone is 1. The Kier molecular flexibility index (Phi) is 6.42. The third-order valence-electron chi connectivity index (χ3n) is 5.05. The van der Waals surface area contributed by atoms with Crippen LogP contribution in [-0.2, 0) is 4.79 Å². The second kappa shape index (κ2) is 8.21. The van der Waals surface area contributed by atoms with Gasteiger partial charge in [0.05, 0.1) is 5.16 Å². The zero-order valence-electron chi connectivity index (χ0n) is 16.7. The Morgan fingerprint density at radius 3 is 2.48 bits per heavy atom. The highest BCUT2D eigenvalue weighted by molar-refractivity contribution is 6.29. The molecule has 1 heterocycles. The number of amides is 1. The maximum absolute atomic E-state index is 13.3. The summed E-state index contributed by atoms with van der Waals surface area (Å²) in [6.07, 6.45) is 4.38. The molecule has 5 N–H and O–H groups in total. The average Bonchev–Trinajstić information content (AvgIpc) is 3.31. The van der Waals surface area contributed by atoms with E-state index >= 15 is 0 Å². The average molecular weight is 392 g/mol. The van der Waals surface area contributed by atoms with Crippen LogP contribution >= 0.6 is 11.6 Å². The lowest BCUT2D eigenvalue weighted by Crippen LogP contribution is -2.39. The third-order valence-corrected chi connectivity index (χ3v) is 5.16. The number of nitrogens with two attached hydrogens (primary N) is 2. The van der Waals surface area contributed by atoms with Gasteiger partial charge in [-0.2, -0.15) is 0 Å². The van der Waals surface area contributed by atoms with Crippen LogP contribution in [-0.4, -0.2) is 36.2 Å². The fourth-order valence-electron chi connectivity index (χ4n) is 3.16. The van der Waals surface area contributed by atoms with Gasteiger partial charge in [-0.25, -0.2) is 4.99 Å². The second-order valence-electron chi connectivity index (χ2n) is 7.75. The van der Waals surface area contributed by atoms with E-state index in [0.717, 1.165) is 29.6 Å². The van der Waals surface area contributed by atoms with Gasteiger partial charge in [-0.05, 0) is 58.9 Å². The van der Waals surface area contributed by atoms with Gasteiger partial charge in [0.25, 0.3) is 5.91 Å². The Balaban J connectivity index is 2.32. The minimum atomic E-state index is -0.0528. The standard InChI is InChI=1S/C20H30ClN5O/c1-12(2)17(13(3)18(24-5)25-20(4)7-8-20)19(27)26-9-6-15(22)14(11-26)10-16(21)23/h10,25H,5-9,11,22-23H2,1-4H3/b16-10-,18-13-. The zero-order chi connectivity index (χ0) is 20.4. The fourth-order valence-corrected chi connectivity index (χ4v) is 3.29. The van der Waals surface area contributed by atoms with Crippen molar-refractivity contribution in [2.45, 2.75) is 52.5 Å². The first-order valence-corrected chi connectivity index (χ1v) is 9.49. The van der Waals surface area contributed by atoms with Crippen LogP contribution in [0.4, 0.5) is 0 Å².